The molecule has 3 rings (SSSR count). The molecule has 1 aromatic heterocycles. The molecule has 0 aliphatic carbocycles. The van der Waals surface area contributed by atoms with Gasteiger partial charge in [-0.05, 0) is 38.0 Å². The first-order valence-corrected chi connectivity index (χ1v) is 9.74. The fraction of sp³-hybridized carbons (Fsp3) is 0.476. The number of nitrogens with zero attached hydrogens (tertiary/aromatic N) is 2. The summed E-state index contributed by atoms with van der Waals surface area (Å²) in [5, 5.41) is 0.830. The van der Waals surface area contributed by atoms with Crippen LogP contribution in [0, 0.1) is 6.92 Å². The molecule has 8 nitrogen and oxygen atoms in total. The zero-order chi connectivity index (χ0) is 21.0. The predicted octanol–water partition coefficient (Wildman–Crippen LogP) is 2.34. The van der Waals surface area contributed by atoms with Crippen LogP contribution in [-0.4, -0.2) is 61.7 Å². The monoisotopic (exact) mass is 402 g/mol. The van der Waals surface area contributed by atoms with Crippen molar-refractivity contribution >= 4 is 23.0 Å². The Labute approximate surface area is 169 Å². The van der Waals surface area contributed by atoms with Crippen molar-refractivity contribution in [3.05, 3.63) is 39.7 Å². The van der Waals surface area contributed by atoms with Gasteiger partial charge in [0.2, 0.25) is 5.91 Å². The summed E-state index contributed by atoms with van der Waals surface area (Å²) in [6.45, 7) is 5.78. The Bertz CT molecular complexity index is 960. The summed E-state index contributed by atoms with van der Waals surface area (Å²) in [6, 6.07) is 5.35. The van der Waals surface area contributed by atoms with Crippen LogP contribution in [0.5, 0.6) is 5.75 Å². The Morgan fingerprint density at radius 1 is 1.14 bits per heavy atom. The molecule has 0 spiro atoms. The number of benzene rings is 1. The summed E-state index contributed by atoms with van der Waals surface area (Å²) in [4.78, 5) is 40.1. The minimum Gasteiger partial charge on any atom is -0.497 e. The molecule has 1 saturated heterocycles. The topological polar surface area (TPSA) is 89.3 Å². The van der Waals surface area contributed by atoms with E-state index in [9.17, 15) is 14.4 Å². The third-order valence-electron chi connectivity index (χ3n) is 5.24. The van der Waals surface area contributed by atoms with E-state index in [0.29, 0.717) is 56.1 Å². The van der Waals surface area contributed by atoms with Crippen molar-refractivity contribution in [3.8, 4) is 5.75 Å². The molecule has 1 aliphatic rings. The fourth-order valence-corrected chi connectivity index (χ4v) is 3.53. The van der Waals surface area contributed by atoms with Crippen molar-refractivity contribution in [2.75, 3.05) is 39.9 Å². The smallest absolute Gasteiger partial charge is 0.409 e. The first kappa shape index (κ1) is 20.7. The molecule has 2 aromatic rings. The molecular formula is C21H26N2O6. The van der Waals surface area contributed by atoms with E-state index in [1.165, 1.54) is 0 Å². The molecule has 156 valence electrons. The Hall–Kier alpha value is -3.03. The average molecular weight is 402 g/mol. The number of aryl methyl sites for hydroxylation is 1. The lowest BCUT2D eigenvalue weighted by atomic mass is 10.0. The van der Waals surface area contributed by atoms with Crippen molar-refractivity contribution in [2.45, 2.75) is 26.7 Å². The largest absolute Gasteiger partial charge is 0.497 e. The number of rotatable bonds is 5. The number of carbonyl (C=O) groups is 2. The van der Waals surface area contributed by atoms with E-state index in [0.717, 1.165) is 10.9 Å². The van der Waals surface area contributed by atoms with Gasteiger partial charge in [0.1, 0.15) is 11.3 Å². The van der Waals surface area contributed by atoms with Crippen LogP contribution in [0.4, 0.5) is 4.79 Å². The Kier molecular flexibility index (Phi) is 6.41. The Balaban J connectivity index is 1.64. The second kappa shape index (κ2) is 8.98. The van der Waals surface area contributed by atoms with E-state index in [2.05, 4.69) is 0 Å². The fourth-order valence-electron chi connectivity index (χ4n) is 3.53. The van der Waals surface area contributed by atoms with Crippen LogP contribution in [0.1, 0.15) is 24.5 Å². The number of hydrogen-bond acceptors (Lipinski definition) is 6. The van der Waals surface area contributed by atoms with Gasteiger partial charge >= 0.3 is 11.7 Å². The van der Waals surface area contributed by atoms with Gasteiger partial charge in [0.15, 0.2) is 0 Å². The number of hydrogen-bond donors (Lipinski definition) is 0. The summed E-state index contributed by atoms with van der Waals surface area (Å²) in [5.74, 6) is 0.576. The Morgan fingerprint density at radius 2 is 1.83 bits per heavy atom. The highest BCUT2D eigenvalue weighted by molar-refractivity contribution is 5.83. The second-order valence-corrected chi connectivity index (χ2v) is 6.92. The number of carbonyl (C=O) groups excluding carboxylic acids is 2. The van der Waals surface area contributed by atoms with Crippen molar-refractivity contribution in [3.63, 3.8) is 0 Å². The maximum Gasteiger partial charge on any atom is 0.409 e. The first-order valence-electron chi connectivity index (χ1n) is 9.74. The summed E-state index contributed by atoms with van der Waals surface area (Å²) in [6.07, 6.45) is 0.181. The van der Waals surface area contributed by atoms with Gasteiger partial charge in [0.25, 0.3) is 0 Å². The van der Waals surface area contributed by atoms with Crippen LogP contribution in [-0.2, 0) is 16.0 Å². The Morgan fingerprint density at radius 3 is 2.48 bits per heavy atom. The van der Waals surface area contributed by atoms with Crippen LogP contribution in [0.25, 0.3) is 11.0 Å². The van der Waals surface area contributed by atoms with Gasteiger partial charge < -0.3 is 23.7 Å². The average Bonchev–Trinajstić information content (AvgIpc) is 2.73. The minimum atomic E-state index is -0.428. The van der Waals surface area contributed by atoms with E-state index >= 15 is 0 Å². The zero-order valence-electron chi connectivity index (χ0n) is 17.0. The number of piperazine rings is 1. The van der Waals surface area contributed by atoms with Crippen LogP contribution in [0.2, 0.25) is 0 Å². The number of fused-ring (bicyclic) bond motifs is 1. The van der Waals surface area contributed by atoms with Gasteiger partial charge in [-0.2, -0.15) is 0 Å². The van der Waals surface area contributed by atoms with Gasteiger partial charge in [0, 0.05) is 49.6 Å². The van der Waals surface area contributed by atoms with Crippen LogP contribution in [0.15, 0.2) is 27.4 Å². The molecular weight excluding hydrogens is 376 g/mol. The summed E-state index contributed by atoms with van der Waals surface area (Å²) < 4.78 is 15.6. The molecule has 0 saturated carbocycles. The van der Waals surface area contributed by atoms with Gasteiger partial charge in [-0.1, -0.05) is 0 Å². The molecule has 0 bridgehead atoms. The highest BCUT2D eigenvalue weighted by atomic mass is 16.6. The maximum atomic E-state index is 12.6. The lowest BCUT2D eigenvalue weighted by molar-refractivity contribution is -0.132. The third-order valence-corrected chi connectivity index (χ3v) is 5.24. The molecule has 1 aromatic carbocycles. The number of methoxy groups -OCH3 is 1. The van der Waals surface area contributed by atoms with Crippen LogP contribution >= 0.6 is 0 Å². The minimum absolute atomic E-state index is 0.0397. The number of ether oxygens (including phenoxy) is 2. The highest BCUT2D eigenvalue weighted by Crippen LogP contribution is 2.24. The van der Waals surface area contributed by atoms with Crippen LogP contribution in [0.3, 0.4) is 0 Å². The van der Waals surface area contributed by atoms with Gasteiger partial charge in [0.05, 0.1) is 13.7 Å². The van der Waals surface area contributed by atoms with E-state index in [1.54, 1.807) is 29.9 Å². The molecule has 29 heavy (non-hydrogen) atoms. The number of amides is 2. The van der Waals surface area contributed by atoms with Gasteiger partial charge in [-0.3, -0.25) is 4.79 Å². The zero-order valence-corrected chi connectivity index (χ0v) is 17.0. The summed E-state index contributed by atoms with van der Waals surface area (Å²) in [7, 11) is 1.55. The predicted molar refractivity (Wildman–Crippen MR) is 107 cm³/mol. The van der Waals surface area contributed by atoms with E-state index in [4.69, 9.17) is 13.9 Å². The molecule has 0 radical (unpaired) electrons. The van der Waals surface area contributed by atoms with Crippen molar-refractivity contribution in [1.82, 2.24) is 9.80 Å². The normalized spacial score (nSPS) is 14.2. The van der Waals surface area contributed by atoms with E-state index < -0.39 is 5.63 Å². The molecule has 1 aliphatic heterocycles. The quantitative estimate of drug-likeness (QED) is 0.713. The molecule has 1 fully saturated rings. The standard InChI is InChI=1S/C21H26N2O6/c1-4-28-21(26)23-11-9-22(10-12-23)19(24)8-7-17-14(2)16-6-5-15(27-3)13-18(16)29-20(17)25/h5-6,13H,4,7-12H2,1-3H3. The molecule has 8 heteroatoms. The van der Waals surface area contributed by atoms with Crippen molar-refractivity contribution < 1.29 is 23.5 Å². The first-order chi connectivity index (χ1) is 13.9. The van der Waals surface area contributed by atoms with Crippen LogP contribution < -0.4 is 10.4 Å². The highest BCUT2D eigenvalue weighted by Gasteiger charge is 2.25. The van der Waals surface area contributed by atoms with Gasteiger partial charge in [-0.15, -0.1) is 0 Å². The SMILES string of the molecule is CCOC(=O)N1CCN(C(=O)CCc2c(C)c3ccc(OC)cc3oc2=O)CC1. The summed E-state index contributed by atoms with van der Waals surface area (Å²) in [5.41, 5.74) is 1.38. The lowest BCUT2D eigenvalue weighted by Gasteiger charge is -2.34. The van der Waals surface area contributed by atoms with Gasteiger partial charge in [-0.25, -0.2) is 9.59 Å². The summed E-state index contributed by atoms with van der Waals surface area (Å²) >= 11 is 0. The molecule has 2 heterocycles. The van der Waals surface area contributed by atoms with E-state index in [1.807, 2.05) is 19.1 Å². The van der Waals surface area contributed by atoms with E-state index in [-0.39, 0.29) is 18.4 Å². The molecule has 0 unspecified atom stereocenters. The second-order valence-electron chi connectivity index (χ2n) is 6.92. The third kappa shape index (κ3) is 4.52. The van der Waals surface area contributed by atoms with Crippen molar-refractivity contribution in [1.29, 1.82) is 0 Å². The molecule has 0 atom stereocenters. The molecule has 0 N–H and O–H groups in total. The maximum absolute atomic E-state index is 12.6. The lowest BCUT2D eigenvalue weighted by Crippen LogP contribution is -2.50. The molecule has 2 amide bonds. The van der Waals surface area contributed by atoms with Crippen molar-refractivity contribution in [2.24, 2.45) is 0 Å².